The molecule has 0 aliphatic rings. The number of halogens is 1. The molecule has 2 heteroatoms. The summed E-state index contributed by atoms with van der Waals surface area (Å²) in [6.45, 7) is 6.54. The van der Waals surface area contributed by atoms with Gasteiger partial charge in [-0.3, -0.25) is 0 Å². The highest BCUT2D eigenvalue weighted by molar-refractivity contribution is 5.16. The topological polar surface area (TPSA) is 3.24 Å². The van der Waals surface area contributed by atoms with Crippen LogP contribution in [0.25, 0.3) is 0 Å². The normalized spacial score (nSPS) is 9.77. The molecule has 0 bridgehead atoms. The molecule has 0 saturated heterocycles. The van der Waals surface area contributed by atoms with Crippen molar-refractivity contribution in [3.05, 3.63) is 47.9 Å². The maximum atomic E-state index is 12.6. The van der Waals surface area contributed by atoms with E-state index in [4.69, 9.17) is 0 Å². The lowest BCUT2D eigenvalue weighted by Crippen LogP contribution is -2.14. The highest BCUT2D eigenvalue weighted by Crippen LogP contribution is 2.07. The second-order valence-corrected chi connectivity index (χ2v) is 3.22. The molecule has 1 rings (SSSR count). The van der Waals surface area contributed by atoms with Crippen molar-refractivity contribution < 1.29 is 4.39 Å². The van der Waals surface area contributed by atoms with Gasteiger partial charge in [-0.05, 0) is 24.6 Å². The number of benzene rings is 1. The molecule has 0 aromatic heterocycles. The van der Waals surface area contributed by atoms with Crippen molar-refractivity contribution in [2.75, 3.05) is 7.05 Å². The Hall–Kier alpha value is -1.31. The van der Waals surface area contributed by atoms with Gasteiger partial charge in [-0.25, -0.2) is 4.39 Å². The summed E-state index contributed by atoms with van der Waals surface area (Å²) in [4.78, 5) is 2.02. The first-order valence-electron chi connectivity index (χ1n) is 4.20. The predicted octanol–water partition coefficient (Wildman–Crippen LogP) is 2.79. The zero-order valence-electron chi connectivity index (χ0n) is 8.05. The van der Waals surface area contributed by atoms with Gasteiger partial charge in [-0.15, -0.1) is 0 Å². The van der Waals surface area contributed by atoms with E-state index in [2.05, 4.69) is 6.58 Å². The van der Waals surface area contributed by atoms with Crippen LogP contribution < -0.4 is 0 Å². The molecule has 0 spiro atoms. The van der Waals surface area contributed by atoms with Gasteiger partial charge >= 0.3 is 0 Å². The summed E-state index contributed by atoms with van der Waals surface area (Å²) in [5.41, 5.74) is 2.09. The average molecular weight is 179 g/mol. The van der Waals surface area contributed by atoms with Crippen molar-refractivity contribution >= 4 is 0 Å². The third-order valence-corrected chi connectivity index (χ3v) is 1.98. The minimum absolute atomic E-state index is 0.193. The van der Waals surface area contributed by atoms with Crippen LogP contribution in [0.3, 0.4) is 0 Å². The van der Waals surface area contributed by atoms with Crippen LogP contribution in [0.2, 0.25) is 0 Å². The largest absolute Gasteiger partial charge is 0.374 e. The number of hydrogen-bond donors (Lipinski definition) is 0. The SMILES string of the molecule is C=C(C)N(C)Cc1ccc(F)cc1. The molecule has 0 unspecified atom stereocenters. The summed E-state index contributed by atoms with van der Waals surface area (Å²) < 4.78 is 12.6. The summed E-state index contributed by atoms with van der Waals surface area (Å²) in [5, 5.41) is 0. The smallest absolute Gasteiger partial charge is 0.123 e. The van der Waals surface area contributed by atoms with E-state index < -0.39 is 0 Å². The van der Waals surface area contributed by atoms with Crippen LogP contribution >= 0.6 is 0 Å². The molecule has 1 aromatic rings. The van der Waals surface area contributed by atoms with Crippen molar-refractivity contribution in [1.29, 1.82) is 0 Å². The Morgan fingerprint density at radius 3 is 2.38 bits per heavy atom. The Bertz CT molecular complexity index is 289. The fourth-order valence-corrected chi connectivity index (χ4v) is 0.999. The lowest BCUT2D eigenvalue weighted by Gasteiger charge is -2.18. The Morgan fingerprint density at radius 1 is 1.38 bits per heavy atom. The minimum Gasteiger partial charge on any atom is -0.374 e. The molecule has 0 aliphatic carbocycles. The molecule has 1 nitrogen and oxygen atoms in total. The van der Waals surface area contributed by atoms with Gasteiger partial charge in [-0.2, -0.15) is 0 Å². The van der Waals surface area contributed by atoms with Gasteiger partial charge in [-0.1, -0.05) is 18.7 Å². The highest BCUT2D eigenvalue weighted by atomic mass is 19.1. The van der Waals surface area contributed by atoms with Gasteiger partial charge in [0.2, 0.25) is 0 Å². The van der Waals surface area contributed by atoms with Crippen LogP contribution in [0, 0.1) is 5.82 Å². The van der Waals surface area contributed by atoms with Gasteiger partial charge in [0.25, 0.3) is 0 Å². The molecule has 0 heterocycles. The van der Waals surface area contributed by atoms with Gasteiger partial charge < -0.3 is 4.90 Å². The third kappa shape index (κ3) is 2.90. The van der Waals surface area contributed by atoms with Gasteiger partial charge in [0.05, 0.1) is 0 Å². The van der Waals surface area contributed by atoms with Crippen LogP contribution in [0.15, 0.2) is 36.5 Å². The molecule has 70 valence electrons. The van der Waals surface area contributed by atoms with Crippen LogP contribution in [-0.4, -0.2) is 11.9 Å². The Kier molecular flexibility index (Phi) is 3.07. The van der Waals surface area contributed by atoms with Gasteiger partial charge in [0.1, 0.15) is 5.82 Å². The Labute approximate surface area is 78.5 Å². The van der Waals surface area contributed by atoms with Crippen molar-refractivity contribution in [2.24, 2.45) is 0 Å². The van der Waals surface area contributed by atoms with Crippen molar-refractivity contribution in [2.45, 2.75) is 13.5 Å². The first-order valence-corrected chi connectivity index (χ1v) is 4.20. The number of rotatable bonds is 3. The minimum atomic E-state index is -0.193. The van der Waals surface area contributed by atoms with E-state index in [0.717, 1.165) is 17.8 Å². The quantitative estimate of drug-likeness (QED) is 0.689. The number of nitrogens with zero attached hydrogens (tertiary/aromatic N) is 1. The summed E-state index contributed by atoms with van der Waals surface area (Å²) in [7, 11) is 1.96. The molecule has 0 aliphatic heterocycles. The second-order valence-electron chi connectivity index (χ2n) is 3.22. The van der Waals surface area contributed by atoms with E-state index in [1.54, 1.807) is 12.1 Å². The summed E-state index contributed by atoms with van der Waals surface area (Å²) in [6.07, 6.45) is 0. The fraction of sp³-hybridized carbons (Fsp3) is 0.273. The second kappa shape index (κ2) is 4.08. The Balaban J connectivity index is 2.64. The summed E-state index contributed by atoms with van der Waals surface area (Å²) in [6, 6.07) is 6.52. The van der Waals surface area contributed by atoms with E-state index in [1.165, 1.54) is 12.1 Å². The zero-order valence-corrected chi connectivity index (χ0v) is 8.05. The van der Waals surface area contributed by atoms with Crippen molar-refractivity contribution in [1.82, 2.24) is 4.90 Å². The molecule has 0 N–H and O–H groups in total. The summed E-state index contributed by atoms with van der Waals surface area (Å²) >= 11 is 0. The molecule has 0 radical (unpaired) electrons. The standard InChI is InChI=1S/C11H14FN/c1-9(2)13(3)8-10-4-6-11(12)7-5-10/h4-7H,1,8H2,2-3H3. The number of hydrogen-bond acceptors (Lipinski definition) is 1. The molecule has 0 fully saturated rings. The Morgan fingerprint density at radius 2 is 1.92 bits per heavy atom. The monoisotopic (exact) mass is 179 g/mol. The first kappa shape index (κ1) is 9.78. The van der Waals surface area contributed by atoms with Crippen LogP contribution in [-0.2, 0) is 6.54 Å². The average Bonchev–Trinajstić information content (AvgIpc) is 2.08. The van der Waals surface area contributed by atoms with E-state index >= 15 is 0 Å². The molecule has 0 atom stereocenters. The van der Waals surface area contributed by atoms with E-state index in [9.17, 15) is 4.39 Å². The van der Waals surface area contributed by atoms with E-state index in [1.807, 2.05) is 18.9 Å². The molecule has 0 saturated carbocycles. The first-order chi connectivity index (χ1) is 6.09. The molecule has 1 aromatic carbocycles. The van der Waals surface area contributed by atoms with Crippen molar-refractivity contribution in [3.63, 3.8) is 0 Å². The lowest BCUT2D eigenvalue weighted by molar-refractivity contribution is 0.414. The fourth-order valence-electron chi connectivity index (χ4n) is 0.999. The maximum absolute atomic E-state index is 12.6. The number of allylic oxidation sites excluding steroid dienone is 1. The highest BCUT2D eigenvalue weighted by Gasteiger charge is 1.98. The maximum Gasteiger partial charge on any atom is 0.123 e. The van der Waals surface area contributed by atoms with E-state index in [-0.39, 0.29) is 5.82 Å². The van der Waals surface area contributed by atoms with E-state index in [0.29, 0.717) is 0 Å². The van der Waals surface area contributed by atoms with Crippen LogP contribution in [0.1, 0.15) is 12.5 Å². The zero-order chi connectivity index (χ0) is 9.84. The van der Waals surface area contributed by atoms with Crippen molar-refractivity contribution in [3.8, 4) is 0 Å². The molecule has 13 heavy (non-hydrogen) atoms. The molecule has 0 amide bonds. The third-order valence-electron chi connectivity index (χ3n) is 1.98. The van der Waals surface area contributed by atoms with Gasteiger partial charge in [0, 0.05) is 19.3 Å². The lowest BCUT2D eigenvalue weighted by atomic mass is 10.2. The molecular formula is C11H14FN. The van der Waals surface area contributed by atoms with Crippen LogP contribution in [0.5, 0.6) is 0 Å². The predicted molar refractivity (Wildman–Crippen MR) is 52.7 cm³/mol. The molecular weight excluding hydrogens is 165 g/mol. The van der Waals surface area contributed by atoms with Gasteiger partial charge in [0.15, 0.2) is 0 Å². The van der Waals surface area contributed by atoms with Crippen LogP contribution in [0.4, 0.5) is 4.39 Å². The summed E-state index contributed by atoms with van der Waals surface area (Å²) in [5.74, 6) is -0.193.